The maximum absolute atomic E-state index is 3.63. The lowest BCUT2D eigenvalue weighted by molar-refractivity contribution is 0.478. The monoisotopic (exact) mass is 167 g/mol. The summed E-state index contributed by atoms with van der Waals surface area (Å²) < 4.78 is 0. The van der Waals surface area contributed by atoms with E-state index in [4.69, 9.17) is 0 Å². The molecule has 1 nitrogen and oxygen atoms in total. The minimum absolute atomic E-state index is 0.796. The van der Waals surface area contributed by atoms with Gasteiger partial charge in [0.15, 0.2) is 0 Å². The molecule has 2 saturated carbocycles. The summed E-state index contributed by atoms with van der Waals surface area (Å²) in [4.78, 5) is 0. The van der Waals surface area contributed by atoms with Crippen LogP contribution in [0, 0.1) is 11.8 Å². The van der Waals surface area contributed by atoms with Crippen LogP contribution >= 0.6 is 0 Å². The highest BCUT2D eigenvalue weighted by molar-refractivity contribution is 4.83. The van der Waals surface area contributed by atoms with Crippen LogP contribution in [0.3, 0.4) is 0 Å². The van der Waals surface area contributed by atoms with Gasteiger partial charge in [-0.1, -0.05) is 12.8 Å². The summed E-state index contributed by atoms with van der Waals surface area (Å²) in [5.74, 6) is 2.13. The lowest BCUT2D eigenvalue weighted by atomic mass is 10.2. The number of nitrogens with one attached hydrogen (secondary N) is 1. The van der Waals surface area contributed by atoms with Crippen molar-refractivity contribution < 1.29 is 0 Å². The van der Waals surface area contributed by atoms with Gasteiger partial charge in [0, 0.05) is 6.04 Å². The fourth-order valence-corrected chi connectivity index (χ4v) is 1.89. The first kappa shape index (κ1) is 8.55. The van der Waals surface area contributed by atoms with E-state index in [0.29, 0.717) is 0 Å². The third-order valence-corrected chi connectivity index (χ3v) is 3.28. The molecular formula is C11H21N. The highest BCUT2D eigenvalue weighted by Crippen LogP contribution is 2.34. The summed E-state index contributed by atoms with van der Waals surface area (Å²) >= 11 is 0. The fourth-order valence-electron chi connectivity index (χ4n) is 1.89. The van der Waals surface area contributed by atoms with E-state index < -0.39 is 0 Å². The molecule has 2 rings (SSSR count). The van der Waals surface area contributed by atoms with E-state index in [0.717, 1.165) is 17.9 Å². The van der Waals surface area contributed by atoms with Crippen LogP contribution < -0.4 is 5.32 Å². The van der Waals surface area contributed by atoms with Crippen molar-refractivity contribution in [1.29, 1.82) is 0 Å². The van der Waals surface area contributed by atoms with Crippen molar-refractivity contribution in [3.8, 4) is 0 Å². The van der Waals surface area contributed by atoms with Gasteiger partial charge in [-0.05, 0) is 51.0 Å². The summed E-state index contributed by atoms with van der Waals surface area (Å²) in [6.07, 6.45) is 8.84. The van der Waals surface area contributed by atoms with Crippen LogP contribution in [-0.2, 0) is 0 Å². The molecule has 70 valence electrons. The Morgan fingerprint density at radius 2 is 2.00 bits per heavy atom. The van der Waals surface area contributed by atoms with Crippen molar-refractivity contribution in [2.75, 3.05) is 6.54 Å². The van der Waals surface area contributed by atoms with E-state index in [1.54, 1.807) is 0 Å². The van der Waals surface area contributed by atoms with E-state index in [2.05, 4.69) is 12.2 Å². The van der Waals surface area contributed by atoms with Crippen molar-refractivity contribution in [2.45, 2.75) is 51.5 Å². The molecule has 2 aliphatic rings. The molecule has 1 heteroatoms. The molecular weight excluding hydrogens is 146 g/mol. The molecule has 0 aromatic rings. The van der Waals surface area contributed by atoms with Crippen LogP contribution in [0.4, 0.5) is 0 Å². The van der Waals surface area contributed by atoms with Crippen molar-refractivity contribution >= 4 is 0 Å². The molecule has 2 fully saturated rings. The standard InChI is InChI=1S/C11H21N/c1-9(11-6-7-11)12-8-2-3-10-4-5-10/h9-12H,2-8H2,1H3. The second-order valence-corrected chi connectivity index (χ2v) is 4.67. The molecule has 0 radical (unpaired) electrons. The van der Waals surface area contributed by atoms with Gasteiger partial charge >= 0.3 is 0 Å². The third kappa shape index (κ3) is 2.78. The predicted molar refractivity (Wildman–Crippen MR) is 52.1 cm³/mol. The van der Waals surface area contributed by atoms with E-state index in [1.165, 1.54) is 45.1 Å². The molecule has 0 amide bonds. The molecule has 0 aromatic heterocycles. The first-order valence-electron chi connectivity index (χ1n) is 5.59. The average molecular weight is 167 g/mol. The lowest BCUT2D eigenvalue weighted by Gasteiger charge is -2.11. The topological polar surface area (TPSA) is 12.0 Å². The first-order chi connectivity index (χ1) is 5.86. The summed E-state index contributed by atoms with van der Waals surface area (Å²) in [5, 5.41) is 3.63. The molecule has 12 heavy (non-hydrogen) atoms. The van der Waals surface area contributed by atoms with E-state index in [9.17, 15) is 0 Å². The van der Waals surface area contributed by atoms with Crippen molar-refractivity contribution in [1.82, 2.24) is 5.32 Å². The number of hydrogen-bond acceptors (Lipinski definition) is 1. The molecule has 0 aromatic carbocycles. The van der Waals surface area contributed by atoms with Crippen LogP contribution in [0.2, 0.25) is 0 Å². The van der Waals surface area contributed by atoms with Crippen molar-refractivity contribution in [3.05, 3.63) is 0 Å². The van der Waals surface area contributed by atoms with Gasteiger partial charge in [0.1, 0.15) is 0 Å². The van der Waals surface area contributed by atoms with Crippen molar-refractivity contribution in [3.63, 3.8) is 0 Å². The zero-order valence-electron chi connectivity index (χ0n) is 8.18. The van der Waals surface area contributed by atoms with Gasteiger partial charge in [0.05, 0.1) is 0 Å². The zero-order valence-corrected chi connectivity index (χ0v) is 8.18. The SMILES string of the molecule is CC(NCCCC1CC1)C1CC1. The molecule has 2 aliphatic carbocycles. The van der Waals surface area contributed by atoms with Gasteiger partial charge < -0.3 is 5.32 Å². The predicted octanol–water partition coefficient (Wildman–Crippen LogP) is 2.56. The Morgan fingerprint density at radius 3 is 2.58 bits per heavy atom. The Hall–Kier alpha value is -0.0400. The Balaban J connectivity index is 1.44. The Labute approximate surface area is 75.9 Å². The minimum Gasteiger partial charge on any atom is -0.314 e. The molecule has 0 saturated heterocycles. The smallest absolute Gasteiger partial charge is 0.00669 e. The van der Waals surface area contributed by atoms with Crippen LogP contribution in [0.5, 0.6) is 0 Å². The largest absolute Gasteiger partial charge is 0.314 e. The van der Waals surface area contributed by atoms with Gasteiger partial charge in [-0.25, -0.2) is 0 Å². The maximum Gasteiger partial charge on any atom is 0.00669 e. The van der Waals surface area contributed by atoms with Gasteiger partial charge in [-0.15, -0.1) is 0 Å². The molecule has 1 N–H and O–H groups in total. The Kier molecular flexibility index (Phi) is 2.69. The number of hydrogen-bond donors (Lipinski definition) is 1. The highest BCUT2D eigenvalue weighted by Gasteiger charge is 2.27. The summed E-state index contributed by atoms with van der Waals surface area (Å²) in [7, 11) is 0. The second-order valence-electron chi connectivity index (χ2n) is 4.67. The summed E-state index contributed by atoms with van der Waals surface area (Å²) in [5.41, 5.74) is 0. The Morgan fingerprint density at radius 1 is 1.25 bits per heavy atom. The fraction of sp³-hybridized carbons (Fsp3) is 1.00. The minimum atomic E-state index is 0.796. The summed E-state index contributed by atoms with van der Waals surface area (Å²) in [6.45, 7) is 3.60. The third-order valence-electron chi connectivity index (χ3n) is 3.28. The molecule has 1 unspecified atom stereocenters. The normalized spacial score (nSPS) is 25.8. The molecule has 0 spiro atoms. The van der Waals surface area contributed by atoms with E-state index in [1.807, 2.05) is 0 Å². The zero-order chi connectivity index (χ0) is 8.39. The summed E-state index contributed by atoms with van der Waals surface area (Å²) in [6, 6.07) is 0.796. The number of rotatable bonds is 6. The Bertz CT molecular complexity index is 136. The van der Waals surface area contributed by atoms with Gasteiger partial charge in [-0.3, -0.25) is 0 Å². The van der Waals surface area contributed by atoms with Gasteiger partial charge in [0.2, 0.25) is 0 Å². The van der Waals surface area contributed by atoms with Gasteiger partial charge in [-0.2, -0.15) is 0 Å². The molecule has 0 heterocycles. The van der Waals surface area contributed by atoms with E-state index >= 15 is 0 Å². The first-order valence-corrected chi connectivity index (χ1v) is 5.59. The maximum atomic E-state index is 3.63. The highest BCUT2D eigenvalue weighted by atomic mass is 14.9. The molecule has 1 atom stereocenters. The van der Waals surface area contributed by atoms with Crippen LogP contribution in [0.15, 0.2) is 0 Å². The van der Waals surface area contributed by atoms with Gasteiger partial charge in [0.25, 0.3) is 0 Å². The van der Waals surface area contributed by atoms with Crippen LogP contribution in [0.25, 0.3) is 0 Å². The lowest BCUT2D eigenvalue weighted by Crippen LogP contribution is -2.28. The second kappa shape index (κ2) is 3.78. The quantitative estimate of drug-likeness (QED) is 0.599. The van der Waals surface area contributed by atoms with Crippen LogP contribution in [-0.4, -0.2) is 12.6 Å². The van der Waals surface area contributed by atoms with Crippen LogP contribution in [0.1, 0.15) is 45.4 Å². The average Bonchev–Trinajstić information content (AvgIpc) is 2.85. The molecule has 0 aliphatic heterocycles. The van der Waals surface area contributed by atoms with Crippen molar-refractivity contribution in [2.24, 2.45) is 11.8 Å². The van der Waals surface area contributed by atoms with E-state index in [-0.39, 0.29) is 0 Å². The molecule has 0 bridgehead atoms.